The van der Waals surface area contributed by atoms with E-state index in [1.165, 1.54) is 0 Å². The van der Waals surface area contributed by atoms with E-state index in [4.69, 9.17) is 4.74 Å². The first kappa shape index (κ1) is 13.1. The van der Waals surface area contributed by atoms with Crippen molar-refractivity contribution >= 4 is 5.91 Å². The van der Waals surface area contributed by atoms with E-state index in [0.29, 0.717) is 13.2 Å². The second-order valence-corrected chi connectivity index (χ2v) is 5.12. The monoisotopic (exact) mass is 251 g/mol. The molecule has 5 nitrogen and oxygen atoms in total. The Morgan fingerprint density at radius 3 is 2.78 bits per heavy atom. The van der Waals surface area contributed by atoms with Crippen molar-refractivity contribution in [2.24, 2.45) is 7.05 Å². The number of carbonyl (C=O) groups is 1. The van der Waals surface area contributed by atoms with Crippen molar-refractivity contribution in [1.29, 1.82) is 0 Å². The van der Waals surface area contributed by atoms with Gasteiger partial charge in [0.2, 0.25) is 0 Å². The van der Waals surface area contributed by atoms with E-state index >= 15 is 0 Å². The number of imidazole rings is 1. The summed E-state index contributed by atoms with van der Waals surface area (Å²) in [4.78, 5) is 16.5. The van der Waals surface area contributed by atoms with Crippen LogP contribution in [0.15, 0.2) is 0 Å². The van der Waals surface area contributed by atoms with Gasteiger partial charge >= 0.3 is 0 Å². The molecule has 18 heavy (non-hydrogen) atoms. The van der Waals surface area contributed by atoms with E-state index in [-0.39, 0.29) is 5.91 Å². The Hall–Kier alpha value is -1.36. The van der Waals surface area contributed by atoms with Crippen molar-refractivity contribution in [2.75, 3.05) is 6.61 Å². The lowest BCUT2D eigenvalue weighted by atomic mass is 10.0. The Bertz CT molecular complexity index is 459. The Morgan fingerprint density at radius 1 is 1.56 bits per heavy atom. The molecule has 0 saturated carbocycles. The molecule has 1 amide bonds. The lowest BCUT2D eigenvalue weighted by Gasteiger charge is -2.21. The number of hydrogen-bond donors (Lipinski definition) is 1. The minimum Gasteiger partial charge on any atom is -0.365 e. The van der Waals surface area contributed by atoms with Gasteiger partial charge in [0, 0.05) is 19.3 Å². The first-order valence-corrected chi connectivity index (χ1v) is 6.35. The summed E-state index contributed by atoms with van der Waals surface area (Å²) in [7, 11) is 1.96. The Kier molecular flexibility index (Phi) is 3.43. The predicted octanol–water partition coefficient (Wildman–Crippen LogP) is 1.22. The van der Waals surface area contributed by atoms with E-state index in [2.05, 4.69) is 10.3 Å². The van der Waals surface area contributed by atoms with Gasteiger partial charge in [-0.1, -0.05) is 0 Å². The number of nitrogens with zero attached hydrogens (tertiary/aromatic N) is 2. The third-order valence-corrected chi connectivity index (χ3v) is 3.82. The molecule has 0 aliphatic carbocycles. The van der Waals surface area contributed by atoms with Crippen molar-refractivity contribution in [3.63, 3.8) is 0 Å². The van der Waals surface area contributed by atoms with Gasteiger partial charge in [-0.15, -0.1) is 0 Å². The molecule has 1 atom stereocenters. The summed E-state index contributed by atoms with van der Waals surface area (Å²) in [6.07, 6.45) is 1.74. The lowest BCUT2D eigenvalue weighted by molar-refractivity contribution is -0.139. The number of hydrogen-bond acceptors (Lipinski definition) is 3. The minimum absolute atomic E-state index is 0.0432. The van der Waals surface area contributed by atoms with E-state index in [1.807, 2.05) is 32.4 Å². The molecule has 5 heteroatoms. The molecule has 0 aromatic carbocycles. The highest BCUT2D eigenvalue weighted by Gasteiger charge is 2.37. The molecule has 0 radical (unpaired) electrons. The highest BCUT2D eigenvalue weighted by atomic mass is 16.5. The Morgan fingerprint density at radius 2 is 2.28 bits per heavy atom. The van der Waals surface area contributed by atoms with Gasteiger partial charge in [0.15, 0.2) is 0 Å². The number of ether oxygens (including phenoxy) is 1. The molecule has 1 aromatic rings. The zero-order chi connectivity index (χ0) is 13.3. The van der Waals surface area contributed by atoms with E-state index in [1.54, 1.807) is 0 Å². The highest BCUT2D eigenvalue weighted by molar-refractivity contribution is 5.84. The molecular weight excluding hydrogens is 230 g/mol. The van der Waals surface area contributed by atoms with Crippen LogP contribution in [0, 0.1) is 13.8 Å². The standard InChI is InChI=1S/C13H21N3O2/c1-9-10(2)16(4)11(15-9)8-14-12(17)13(3)6-5-7-18-13/h5-8H2,1-4H3,(H,14,17)/t13-/m1/s1. The van der Waals surface area contributed by atoms with Crippen LogP contribution in [-0.4, -0.2) is 27.7 Å². The fraction of sp³-hybridized carbons (Fsp3) is 0.692. The zero-order valence-corrected chi connectivity index (χ0v) is 11.5. The third kappa shape index (κ3) is 2.27. The quantitative estimate of drug-likeness (QED) is 0.879. The zero-order valence-electron chi connectivity index (χ0n) is 11.5. The van der Waals surface area contributed by atoms with Gasteiger partial charge in [-0.25, -0.2) is 4.98 Å². The molecule has 100 valence electrons. The molecule has 1 aliphatic rings. The lowest BCUT2D eigenvalue weighted by Crippen LogP contribution is -2.43. The fourth-order valence-electron chi connectivity index (χ4n) is 2.25. The summed E-state index contributed by atoms with van der Waals surface area (Å²) in [5, 5.41) is 2.92. The molecule has 2 heterocycles. The van der Waals surface area contributed by atoms with Gasteiger partial charge in [0.05, 0.1) is 12.2 Å². The normalized spacial score (nSPS) is 23.3. The summed E-state index contributed by atoms with van der Waals surface area (Å²) in [5.74, 6) is 0.832. The molecular formula is C13H21N3O2. The number of carbonyl (C=O) groups excluding carboxylic acids is 1. The van der Waals surface area contributed by atoms with Crippen LogP contribution in [0.4, 0.5) is 0 Å². The van der Waals surface area contributed by atoms with Crippen LogP contribution in [0.5, 0.6) is 0 Å². The number of nitrogens with one attached hydrogen (secondary N) is 1. The molecule has 0 bridgehead atoms. The highest BCUT2D eigenvalue weighted by Crippen LogP contribution is 2.25. The van der Waals surface area contributed by atoms with Crippen LogP contribution in [0.1, 0.15) is 37.0 Å². The van der Waals surface area contributed by atoms with Crippen molar-refractivity contribution < 1.29 is 9.53 Å². The maximum atomic E-state index is 12.1. The Labute approximate surface area is 108 Å². The topological polar surface area (TPSA) is 56.1 Å². The van der Waals surface area contributed by atoms with Crippen LogP contribution in [0.25, 0.3) is 0 Å². The van der Waals surface area contributed by atoms with Gasteiger partial charge in [0.1, 0.15) is 11.4 Å². The average Bonchev–Trinajstić information content (AvgIpc) is 2.88. The minimum atomic E-state index is -0.657. The second kappa shape index (κ2) is 4.72. The van der Waals surface area contributed by atoms with Crippen molar-refractivity contribution in [3.8, 4) is 0 Å². The van der Waals surface area contributed by atoms with Gasteiger partial charge in [-0.3, -0.25) is 4.79 Å². The second-order valence-electron chi connectivity index (χ2n) is 5.12. The maximum absolute atomic E-state index is 12.1. The molecule has 1 saturated heterocycles. The van der Waals surface area contributed by atoms with Gasteiger partial charge in [-0.2, -0.15) is 0 Å². The first-order chi connectivity index (χ1) is 8.44. The van der Waals surface area contributed by atoms with E-state index in [0.717, 1.165) is 30.1 Å². The molecule has 1 N–H and O–H groups in total. The summed E-state index contributed by atoms with van der Waals surface area (Å²) in [6.45, 7) is 6.97. The van der Waals surface area contributed by atoms with Crippen LogP contribution in [-0.2, 0) is 23.1 Å². The number of aryl methyl sites for hydroxylation is 1. The summed E-state index contributed by atoms with van der Waals surface area (Å²) in [5.41, 5.74) is 1.47. The SMILES string of the molecule is Cc1nc(CNC(=O)[C@@]2(C)CCCO2)n(C)c1C. The van der Waals surface area contributed by atoms with Crippen LogP contribution in [0.3, 0.4) is 0 Å². The van der Waals surface area contributed by atoms with Crippen molar-refractivity contribution in [2.45, 2.75) is 45.8 Å². The molecule has 2 rings (SSSR count). The third-order valence-electron chi connectivity index (χ3n) is 3.82. The maximum Gasteiger partial charge on any atom is 0.252 e. The van der Waals surface area contributed by atoms with E-state index in [9.17, 15) is 4.79 Å². The smallest absolute Gasteiger partial charge is 0.252 e. The Balaban J connectivity index is 1.99. The van der Waals surface area contributed by atoms with Crippen LogP contribution in [0.2, 0.25) is 0 Å². The molecule has 0 spiro atoms. The average molecular weight is 251 g/mol. The van der Waals surface area contributed by atoms with Crippen molar-refractivity contribution in [3.05, 3.63) is 17.2 Å². The fourth-order valence-corrected chi connectivity index (χ4v) is 2.25. The number of rotatable bonds is 3. The van der Waals surface area contributed by atoms with Crippen LogP contribution < -0.4 is 5.32 Å². The van der Waals surface area contributed by atoms with Gasteiger partial charge < -0.3 is 14.6 Å². The van der Waals surface area contributed by atoms with E-state index < -0.39 is 5.60 Å². The van der Waals surface area contributed by atoms with Crippen LogP contribution >= 0.6 is 0 Å². The first-order valence-electron chi connectivity index (χ1n) is 6.35. The van der Waals surface area contributed by atoms with Gasteiger partial charge in [-0.05, 0) is 33.6 Å². The predicted molar refractivity (Wildman–Crippen MR) is 68.1 cm³/mol. The van der Waals surface area contributed by atoms with Crippen molar-refractivity contribution in [1.82, 2.24) is 14.9 Å². The summed E-state index contributed by atoms with van der Waals surface area (Å²) in [6, 6.07) is 0. The number of amides is 1. The molecule has 0 unspecified atom stereocenters. The molecule has 1 aromatic heterocycles. The van der Waals surface area contributed by atoms with Gasteiger partial charge in [0.25, 0.3) is 5.91 Å². The number of aromatic nitrogens is 2. The largest absolute Gasteiger partial charge is 0.365 e. The summed E-state index contributed by atoms with van der Waals surface area (Å²) < 4.78 is 7.52. The summed E-state index contributed by atoms with van der Waals surface area (Å²) >= 11 is 0. The molecule has 1 aliphatic heterocycles. The molecule has 1 fully saturated rings.